The SMILES string of the molecule is CCCCCCCOC(=O)CCCCC(=O)[O-]. The summed E-state index contributed by atoms with van der Waals surface area (Å²) in [7, 11) is 0. The quantitative estimate of drug-likeness (QED) is 0.410. The first-order chi connectivity index (χ1) is 8.16. The second-order valence-electron chi connectivity index (χ2n) is 4.21. The summed E-state index contributed by atoms with van der Waals surface area (Å²) in [6.07, 6.45) is 7.02. The molecule has 0 aromatic rings. The van der Waals surface area contributed by atoms with E-state index in [4.69, 9.17) is 4.74 Å². The van der Waals surface area contributed by atoms with Gasteiger partial charge < -0.3 is 14.6 Å². The van der Waals surface area contributed by atoms with Crippen molar-refractivity contribution in [3.05, 3.63) is 0 Å². The minimum absolute atomic E-state index is 0.0182. The number of esters is 1. The Morgan fingerprint density at radius 3 is 2.24 bits per heavy atom. The number of carbonyl (C=O) groups excluding carboxylic acids is 2. The van der Waals surface area contributed by atoms with Gasteiger partial charge in [0.25, 0.3) is 0 Å². The summed E-state index contributed by atoms with van der Waals surface area (Å²) in [6, 6.07) is 0. The number of carbonyl (C=O) groups is 2. The normalized spacial score (nSPS) is 10.2. The highest BCUT2D eigenvalue weighted by Crippen LogP contribution is 2.04. The topological polar surface area (TPSA) is 66.4 Å². The fourth-order valence-electron chi connectivity index (χ4n) is 1.50. The van der Waals surface area contributed by atoms with Crippen molar-refractivity contribution in [2.45, 2.75) is 64.7 Å². The molecule has 0 radical (unpaired) electrons. The lowest BCUT2D eigenvalue weighted by atomic mass is 10.2. The van der Waals surface area contributed by atoms with Crippen molar-refractivity contribution in [3.8, 4) is 0 Å². The number of unbranched alkanes of at least 4 members (excludes halogenated alkanes) is 5. The van der Waals surface area contributed by atoms with Gasteiger partial charge in [-0.2, -0.15) is 0 Å². The lowest BCUT2D eigenvalue weighted by Crippen LogP contribution is -2.21. The van der Waals surface area contributed by atoms with E-state index in [1.165, 1.54) is 19.3 Å². The summed E-state index contributed by atoms with van der Waals surface area (Å²) >= 11 is 0. The number of rotatable bonds is 11. The van der Waals surface area contributed by atoms with E-state index in [-0.39, 0.29) is 12.4 Å². The molecular weight excluding hydrogens is 220 g/mol. The fraction of sp³-hybridized carbons (Fsp3) is 0.846. The van der Waals surface area contributed by atoms with E-state index in [1.807, 2.05) is 0 Å². The summed E-state index contributed by atoms with van der Waals surface area (Å²) < 4.78 is 5.03. The zero-order valence-corrected chi connectivity index (χ0v) is 10.7. The molecule has 17 heavy (non-hydrogen) atoms. The van der Waals surface area contributed by atoms with Crippen molar-refractivity contribution >= 4 is 11.9 Å². The maximum atomic E-state index is 11.2. The van der Waals surface area contributed by atoms with Gasteiger partial charge in [-0.1, -0.05) is 32.6 Å². The van der Waals surface area contributed by atoms with Crippen molar-refractivity contribution in [1.29, 1.82) is 0 Å². The maximum Gasteiger partial charge on any atom is 0.305 e. The van der Waals surface area contributed by atoms with Gasteiger partial charge in [-0.3, -0.25) is 4.79 Å². The van der Waals surface area contributed by atoms with Gasteiger partial charge in [-0.25, -0.2) is 0 Å². The first-order valence-electron chi connectivity index (χ1n) is 6.52. The van der Waals surface area contributed by atoms with Crippen molar-refractivity contribution in [2.24, 2.45) is 0 Å². The van der Waals surface area contributed by atoms with E-state index in [2.05, 4.69) is 6.92 Å². The van der Waals surface area contributed by atoms with Crippen molar-refractivity contribution in [2.75, 3.05) is 6.61 Å². The van der Waals surface area contributed by atoms with Crippen LogP contribution in [0.15, 0.2) is 0 Å². The molecule has 0 heterocycles. The number of carboxylic acid groups (broad SMARTS) is 1. The molecule has 0 rings (SSSR count). The Hall–Kier alpha value is -1.06. The first-order valence-corrected chi connectivity index (χ1v) is 6.52. The van der Waals surface area contributed by atoms with E-state index < -0.39 is 5.97 Å². The second kappa shape index (κ2) is 11.4. The predicted octanol–water partition coefficient (Wildman–Crippen LogP) is 1.81. The summed E-state index contributed by atoms with van der Waals surface area (Å²) in [5, 5.41) is 10.1. The number of ether oxygens (including phenoxy) is 1. The number of carboxylic acids is 1. The summed E-state index contributed by atoms with van der Waals surface area (Å²) in [4.78, 5) is 21.3. The third-order valence-electron chi connectivity index (χ3n) is 2.52. The Morgan fingerprint density at radius 2 is 1.59 bits per heavy atom. The van der Waals surface area contributed by atoms with E-state index >= 15 is 0 Å². The Morgan fingerprint density at radius 1 is 0.941 bits per heavy atom. The molecule has 0 fully saturated rings. The molecule has 0 bridgehead atoms. The molecule has 0 unspecified atom stereocenters. The van der Waals surface area contributed by atoms with Gasteiger partial charge in [0.1, 0.15) is 0 Å². The van der Waals surface area contributed by atoms with Crippen LogP contribution in [0.25, 0.3) is 0 Å². The lowest BCUT2D eigenvalue weighted by Gasteiger charge is -2.05. The molecule has 4 heteroatoms. The summed E-state index contributed by atoms with van der Waals surface area (Å²) in [5.74, 6) is -1.28. The van der Waals surface area contributed by atoms with Crippen molar-refractivity contribution in [1.82, 2.24) is 0 Å². The molecule has 0 aliphatic heterocycles. The molecule has 0 atom stereocenters. The lowest BCUT2D eigenvalue weighted by molar-refractivity contribution is -0.305. The third kappa shape index (κ3) is 12.9. The molecule has 0 aromatic heterocycles. The fourth-order valence-corrected chi connectivity index (χ4v) is 1.50. The average Bonchev–Trinajstić information content (AvgIpc) is 2.29. The van der Waals surface area contributed by atoms with Crippen molar-refractivity contribution in [3.63, 3.8) is 0 Å². The van der Waals surface area contributed by atoms with E-state index in [9.17, 15) is 14.7 Å². The number of hydrogen-bond donors (Lipinski definition) is 0. The predicted molar refractivity (Wildman–Crippen MR) is 63.2 cm³/mol. The van der Waals surface area contributed by atoms with Crippen LogP contribution in [-0.2, 0) is 14.3 Å². The highest BCUT2D eigenvalue weighted by atomic mass is 16.5. The van der Waals surface area contributed by atoms with Crippen LogP contribution in [-0.4, -0.2) is 18.5 Å². The minimum Gasteiger partial charge on any atom is -0.550 e. The molecule has 4 nitrogen and oxygen atoms in total. The van der Waals surface area contributed by atoms with Crippen LogP contribution >= 0.6 is 0 Å². The van der Waals surface area contributed by atoms with Gasteiger partial charge in [0, 0.05) is 12.4 Å². The molecule has 0 N–H and O–H groups in total. The van der Waals surface area contributed by atoms with Gasteiger partial charge in [0.05, 0.1) is 6.61 Å². The second-order valence-corrected chi connectivity index (χ2v) is 4.21. The molecule has 0 spiro atoms. The highest BCUT2D eigenvalue weighted by molar-refractivity contribution is 5.69. The molecule has 0 saturated heterocycles. The molecule has 0 aliphatic rings. The zero-order chi connectivity index (χ0) is 12.9. The average molecular weight is 243 g/mol. The summed E-state index contributed by atoms with van der Waals surface area (Å²) in [6.45, 7) is 2.65. The molecule has 0 aromatic carbocycles. The van der Waals surface area contributed by atoms with E-state index in [0.717, 1.165) is 12.8 Å². The minimum atomic E-state index is -1.06. The van der Waals surface area contributed by atoms with Crippen LogP contribution < -0.4 is 5.11 Å². The van der Waals surface area contributed by atoms with Crippen LogP contribution in [0.1, 0.15) is 64.7 Å². The van der Waals surface area contributed by atoms with Gasteiger partial charge >= 0.3 is 5.97 Å². The van der Waals surface area contributed by atoms with Crippen LogP contribution in [0, 0.1) is 0 Å². The van der Waals surface area contributed by atoms with Crippen LogP contribution in [0.4, 0.5) is 0 Å². The van der Waals surface area contributed by atoms with Crippen molar-refractivity contribution < 1.29 is 19.4 Å². The smallest absolute Gasteiger partial charge is 0.305 e. The molecule has 0 aliphatic carbocycles. The largest absolute Gasteiger partial charge is 0.550 e. The number of aliphatic carboxylic acids is 1. The van der Waals surface area contributed by atoms with Gasteiger partial charge in [-0.05, 0) is 25.7 Å². The Bertz CT molecular complexity index is 213. The molecule has 0 amide bonds. The van der Waals surface area contributed by atoms with Gasteiger partial charge in [-0.15, -0.1) is 0 Å². The maximum absolute atomic E-state index is 11.2. The van der Waals surface area contributed by atoms with E-state index in [1.54, 1.807) is 0 Å². The third-order valence-corrected chi connectivity index (χ3v) is 2.52. The molecular formula is C13H23O4-. The summed E-state index contributed by atoms with van der Waals surface area (Å²) in [5.41, 5.74) is 0. The van der Waals surface area contributed by atoms with Gasteiger partial charge in [0.2, 0.25) is 0 Å². The Labute approximate surface area is 103 Å². The van der Waals surface area contributed by atoms with Crippen LogP contribution in [0.3, 0.4) is 0 Å². The molecule has 0 saturated carbocycles. The van der Waals surface area contributed by atoms with Crippen LogP contribution in [0.2, 0.25) is 0 Å². The number of hydrogen-bond acceptors (Lipinski definition) is 4. The highest BCUT2D eigenvalue weighted by Gasteiger charge is 2.02. The van der Waals surface area contributed by atoms with Crippen LogP contribution in [0.5, 0.6) is 0 Å². The Balaban J connectivity index is 3.20. The standard InChI is InChI=1S/C13H24O4/c1-2-3-4-5-8-11-17-13(16)10-7-6-9-12(14)15/h2-11H2,1H3,(H,14,15)/p-1. The Kier molecular flexibility index (Phi) is 10.7. The van der Waals surface area contributed by atoms with Gasteiger partial charge in [0.15, 0.2) is 0 Å². The monoisotopic (exact) mass is 243 g/mol. The first kappa shape index (κ1) is 15.9. The zero-order valence-electron chi connectivity index (χ0n) is 10.7. The van der Waals surface area contributed by atoms with E-state index in [0.29, 0.717) is 25.9 Å². The molecule has 100 valence electrons.